The van der Waals surface area contributed by atoms with Gasteiger partial charge in [-0.05, 0) is 36.5 Å². The number of ether oxygens (including phenoxy) is 1. The molecule has 0 fully saturated rings. The number of carbonyl (C=O) groups is 8. The minimum atomic E-state index is -1.04. The van der Waals surface area contributed by atoms with Crippen molar-refractivity contribution in [2.24, 2.45) is 11.7 Å². The van der Waals surface area contributed by atoms with Crippen molar-refractivity contribution in [1.82, 2.24) is 26.6 Å². The average molecular weight is 756 g/mol. The van der Waals surface area contributed by atoms with Crippen molar-refractivity contribution in [2.75, 3.05) is 25.0 Å². The maximum absolute atomic E-state index is 12.7. The summed E-state index contributed by atoms with van der Waals surface area (Å²) in [6, 6.07) is 4.37. The van der Waals surface area contributed by atoms with Gasteiger partial charge in [-0.2, -0.15) is 0 Å². The minimum absolute atomic E-state index is 0.0540. The number of hydrogen-bond acceptors (Lipinski definition) is 10. The maximum Gasteiger partial charge on any atom is 0.312 e. The lowest BCUT2D eigenvalue weighted by Gasteiger charge is -2.23. The second-order valence-electron chi connectivity index (χ2n) is 11.6. The van der Waals surface area contributed by atoms with Crippen LogP contribution in [-0.4, -0.2) is 95.5 Å². The Morgan fingerprint density at radius 3 is 1.74 bits per heavy atom. The fourth-order valence-corrected chi connectivity index (χ4v) is 3.61. The highest BCUT2D eigenvalue weighted by atomic mass is 16.5. The molecular weight excluding hydrogens is 694 g/mol. The Kier molecular flexibility index (Phi) is 30.9. The van der Waals surface area contributed by atoms with E-state index in [0.29, 0.717) is 12.2 Å². The monoisotopic (exact) mass is 755 g/mol. The highest BCUT2D eigenvalue weighted by Gasteiger charge is 2.26. The number of carboxylic acids is 2. The number of amides is 6. The Morgan fingerprint density at radius 2 is 1.32 bits per heavy atom. The second kappa shape index (κ2) is 31.5. The quantitative estimate of drug-likeness (QED) is 0.0915. The average Bonchev–Trinajstić information content (AvgIpc) is 3.10. The van der Waals surface area contributed by atoms with Crippen LogP contribution in [0.15, 0.2) is 24.3 Å². The first-order chi connectivity index (χ1) is 24.8. The summed E-state index contributed by atoms with van der Waals surface area (Å²) in [5.74, 6) is -4.69. The van der Waals surface area contributed by atoms with E-state index < -0.39 is 66.2 Å². The first kappa shape index (κ1) is 52.1. The lowest BCUT2D eigenvalue weighted by molar-refractivity contribution is -0.142. The Labute approximate surface area is 312 Å². The van der Waals surface area contributed by atoms with Gasteiger partial charge in [-0.25, -0.2) is 4.79 Å². The molecule has 0 aliphatic rings. The third kappa shape index (κ3) is 31.2. The molecule has 0 heterocycles. The molecule has 10 N–H and O–H groups in total. The van der Waals surface area contributed by atoms with Gasteiger partial charge in [0.25, 0.3) is 0 Å². The molecule has 0 spiro atoms. The minimum Gasteiger partial charge on any atom is -0.481 e. The van der Waals surface area contributed by atoms with E-state index in [1.54, 1.807) is 45.0 Å². The van der Waals surface area contributed by atoms with Crippen LogP contribution in [0.2, 0.25) is 0 Å². The number of hydrogen-bond donors (Lipinski definition) is 9. The number of benzene rings is 1. The van der Waals surface area contributed by atoms with Crippen molar-refractivity contribution in [3.8, 4) is 0 Å². The summed E-state index contributed by atoms with van der Waals surface area (Å²) in [7, 11) is 0. The molecule has 0 saturated heterocycles. The van der Waals surface area contributed by atoms with Crippen LogP contribution in [0.25, 0.3) is 0 Å². The zero-order valence-corrected chi connectivity index (χ0v) is 32.4. The topological polar surface area (TPSA) is 284 Å². The summed E-state index contributed by atoms with van der Waals surface area (Å²) >= 11 is 0. The summed E-state index contributed by atoms with van der Waals surface area (Å²) in [5.41, 5.74) is 5.96. The molecule has 0 aliphatic heterocycles. The molecule has 6 amide bonds. The highest BCUT2D eigenvalue weighted by molar-refractivity contribution is 5.96. The lowest BCUT2D eigenvalue weighted by Crippen LogP contribution is -2.54. The summed E-state index contributed by atoms with van der Waals surface area (Å²) in [5, 5.41) is 32.2. The summed E-state index contributed by atoms with van der Waals surface area (Å²) in [4.78, 5) is 90.8. The van der Waals surface area contributed by atoms with Crippen LogP contribution in [0.1, 0.15) is 93.6 Å². The van der Waals surface area contributed by atoms with Crippen LogP contribution >= 0.6 is 0 Å². The van der Waals surface area contributed by atoms with Crippen LogP contribution in [0, 0.1) is 5.92 Å². The van der Waals surface area contributed by atoms with Crippen molar-refractivity contribution >= 4 is 53.3 Å². The molecule has 0 aromatic heterocycles. The number of carboxylic acid groups (broad SMARTS) is 2. The predicted molar refractivity (Wildman–Crippen MR) is 199 cm³/mol. The van der Waals surface area contributed by atoms with E-state index in [2.05, 4.69) is 31.9 Å². The molecule has 18 nitrogen and oxygen atoms in total. The SMILES string of the molecule is CC.CC(=O)OCc1ccc(NC(=O)CNC(=O)C(NC(=O)CNC(=O)C(CCC(=O)O)NC(C)C)C(C)C)cc1.CCC(=O)O.CCCNC(N)=O. The largest absolute Gasteiger partial charge is 0.481 e. The van der Waals surface area contributed by atoms with Crippen molar-refractivity contribution in [3.05, 3.63) is 29.8 Å². The summed E-state index contributed by atoms with van der Waals surface area (Å²) in [6.45, 7) is 16.0. The second-order valence-corrected chi connectivity index (χ2v) is 11.6. The fourth-order valence-electron chi connectivity index (χ4n) is 3.61. The molecule has 18 heteroatoms. The van der Waals surface area contributed by atoms with Gasteiger partial charge in [0.05, 0.1) is 19.1 Å². The molecule has 1 aromatic rings. The first-order valence-corrected chi connectivity index (χ1v) is 17.4. The van der Waals surface area contributed by atoms with E-state index in [1.807, 2.05) is 34.6 Å². The number of esters is 1. The van der Waals surface area contributed by atoms with Gasteiger partial charge in [0.15, 0.2) is 0 Å². The van der Waals surface area contributed by atoms with Crippen LogP contribution < -0.4 is 37.6 Å². The molecule has 53 heavy (non-hydrogen) atoms. The molecule has 302 valence electrons. The van der Waals surface area contributed by atoms with E-state index in [9.17, 15) is 38.4 Å². The summed E-state index contributed by atoms with van der Waals surface area (Å²) in [6.07, 6.45) is 0.996. The van der Waals surface area contributed by atoms with Gasteiger partial charge in [-0.15, -0.1) is 0 Å². The molecule has 1 rings (SSSR count). The van der Waals surface area contributed by atoms with Gasteiger partial charge in [-0.1, -0.05) is 67.5 Å². The van der Waals surface area contributed by atoms with Crippen LogP contribution in [0.5, 0.6) is 0 Å². The standard InChI is InChI=1S/C26H39N5O8.C4H10N2O.C3H6O2.C2H6/c1-15(2)24(31-22(34)13-27-25(37)20(29-16(3)4)10-11-23(35)36)26(38)28-12-21(33)30-19-8-6-18(7-9-19)14-39-17(5)32;1-2-3-6-4(5)7;1-2-3(4)5;1-2/h6-9,15-16,20,24,29H,10-14H2,1-5H3,(H,27,37)(H,28,38)(H,30,33)(H,31,34)(H,35,36);2-3H2,1H3,(H3,5,6,7);2H2,1H3,(H,4,5);1-2H3. The highest BCUT2D eigenvalue weighted by Crippen LogP contribution is 2.10. The normalized spacial score (nSPS) is 10.9. The lowest BCUT2D eigenvalue weighted by atomic mass is 10.0. The van der Waals surface area contributed by atoms with Crippen LogP contribution in [0.4, 0.5) is 10.5 Å². The van der Waals surface area contributed by atoms with Crippen molar-refractivity contribution in [3.63, 3.8) is 0 Å². The number of rotatable bonds is 19. The van der Waals surface area contributed by atoms with Crippen molar-refractivity contribution in [2.45, 2.75) is 113 Å². The molecule has 0 saturated carbocycles. The van der Waals surface area contributed by atoms with Crippen molar-refractivity contribution < 1.29 is 53.3 Å². The van der Waals surface area contributed by atoms with Gasteiger partial charge >= 0.3 is 23.9 Å². The molecule has 1 aromatic carbocycles. The number of aliphatic carboxylic acids is 2. The number of nitrogens with two attached hydrogens (primary N) is 1. The number of urea groups is 1. The Balaban J connectivity index is -0.00000151. The molecule has 0 bridgehead atoms. The first-order valence-electron chi connectivity index (χ1n) is 17.4. The third-order valence-corrected chi connectivity index (χ3v) is 6.14. The van der Waals surface area contributed by atoms with Gasteiger partial charge in [0.1, 0.15) is 12.6 Å². The van der Waals surface area contributed by atoms with E-state index in [-0.39, 0.29) is 44.4 Å². The Morgan fingerprint density at radius 1 is 0.792 bits per heavy atom. The molecular formula is C35H61N7O11. The van der Waals surface area contributed by atoms with Crippen LogP contribution in [0.3, 0.4) is 0 Å². The van der Waals surface area contributed by atoms with E-state index >= 15 is 0 Å². The Bertz CT molecular complexity index is 1270. The third-order valence-electron chi connectivity index (χ3n) is 6.14. The van der Waals surface area contributed by atoms with E-state index in [0.717, 1.165) is 12.0 Å². The Hall–Kier alpha value is -5.26. The fraction of sp³-hybridized carbons (Fsp3) is 0.600. The smallest absolute Gasteiger partial charge is 0.312 e. The predicted octanol–water partition coefficient (Wildman–Crippen LogP) is 1.86. The number of carbonyl (C=O) groups excluding carboxylic acids is 6. The zero-order chi connectivity index (χ0) is 41.5. The van der Waals surface area contributed by atoms with Gasteiger partial charge in [-0.3, -0.25) is 33.6 Å². The molecule has 2 unspecified atom stereocenters. The molecule has 0 radical (unpaired) electrons. The van der Waals surface area contributed by atoms with Gasteiger partial charge in [0, 0.05) is 38.0 Å². The van der Waals surface area contributed by atoms with Crippen LogP contribution in [-0.2, 0) is 44.9 Å². The van der Waals surface area contributed by atoms with E-state index in [4.69, 9.17) is 20.7 Å². The van der Waals surface area contributed by atoms with E-state index in [1.165, 1.54) is 6.92 Å². The number of primary amides is 1. The van der Waals surface area contributed by atoms with Crippen molar-refractivity contribution in [1.29, 1.82) is 0 Å². The number of nitrogens with one attached hydrogen (secondary N) is 6. The number of anilines is 1. The molecule has 0 aliphatic carbocycles. The van der Waals surface area contributed by atoms with Gasteiger partial charge in [0.2, 0.25) is 23.6 Å². The zero-order valence-electron chi connectivity index (χ0n) is 32.4. The summed E-state index contributed by atoms with van der Waals surface area (Å²) < 4.78 is 4.90. The van der Waals surface area contributed by atoms with Gasteiger partial charge < -0.3 is 52.6 Å². The molecule has 2 atom stereocenters. The maximum atomic E-state index is 12.7.